The number of phosphoric acid groups is 2. The summed E-state index contributed by atoms with van der Waals surface area (Å²) in [5.41, 5.74) is 0. The van der Waals surface area contributed by atoms with Gasteiger partial charge >= 0.3 is 39.5 Å². The zero-order valence-electron chi connectivity index (χ0n) is 60.0. The van der Waals surface area contributed by atoms with Gasteiger partial charge in [0.15, 0.2) is 12.2 Å². The third-order valence-electron chi connectivity index (χ3n) is 16.9. The number of hydrogen-bond donors (Lipinski definition) is 3. The summed E-state index contributed by atoms with van der Waals surface area (Å²) < 4.78 is 68.4. The molecule has 17 nitrogen and oxygen atoms in total. The van der Waals surface area contributed by atoms with Crippen LogP contribution in [0.4, 0.5) is 0 Å². The number of rotatable bonds is 71. The Morgan fingerprint density at radius 2 is 0.500 bits per heavy atom. The summed E-state index contributed by atoms with van der Waals surface area (Å²) >= 11 is 0. The average molecular weight is 1350 g/mol. The summed E-state index contributed by atoms with van der Waals surface area (Å²) in [4.78, 5) is 72.7. The lowest BCUT2D eigenvalue weighted by atomic mass is 10.0. The van der Waals surface area contributed by atoms with Gasteiger partial charge in [-0.05, 0) is 43.4 Å². The Morgan fingerprint density at radius 3 is 0.739 bits per heavy atom. The van der Waals surface area contributed by atoms with E-state index in [-0.39, 0.29) is 25.7 Å². The summed E-state index contributed by atoms with van der Waals surface area (Å²) in [6, 6.07) is 0. The topological polar surface area (TPSA) is 237 Å². The van der Waals surface area contributed by atoms with E-state index in [9.17, 15) is 43.2 Å². The van der Waals surface area contributed by atoms with E-state index >= 15 is 0 Å². The normalized spacial score (nSPS) is 14.1. The average Bonchev–Trinajstić information content (AvgIpc) is 1.62. The van der Waals surface area contributed by atoms with E-state index in [2.05, 4.69) is 48.5 Å². The van der Waals surface area contributed by atoms with Gasteiger partial charge in [-0.25, -0.2) is 9.13 Å². The molecule has 0 amide bonds. The fourth-order valence-electron chi connectivity index (χ4n) is 11.1. The van der Waals surface area contributed by atoms with Crippen molar-refractivity contribution in [1.82, 2.24) is 0 Å². The lowest BCUT2D eigenvalue weighted by Gasteiger charge is -2.21. The third kappa shape index (κ3) is 66.7. The Kier molecular flexibility index (Phi) is 62.4. The maximum atomic E-state index is 13.1. The number of esters is 4. The fraction of sp³-hybridized carbons (Fsp3) is 0.945. The van der Waals surface area contributed by atoms with Gasteiger partial charge in [0.2, 0.25) is 0 Å². The van der Waals surface area contributed by atoms with Crippen LogP contribution in [0.2, 0.25) is 0 Å². The van der Waals surface area contributed by atoms with Crippen molar-refractivity contribution in [3.05, 3.63) is 0 Å². The molecular weight excluding hydrogens is 1210 g/mol. The number of carbonyl (C=O) groups excluding carboxylic acids is 4. The standard InChI is InChI=1S/C73H142O17P2/c1-8-9-10-11-12-13-14-15-16-17-18-19-27-34-42-49-56-72(77)89-68(60-83-70(75)54-47-40-33-26-22-20-24-30-37-44-51-64(2)3)62-87-91(79,80)85-58-67(74)59-86-92(81,82)88-63-69(61-84-71(76)55-48-41-36-29-32-39-46-53-66(6)7)90-73(78)57-50-43-35-28-23-21-25-31-38-45-52-65(4)5/h64-69,74H,8-63H2,1-7H3,(H,79,80)(H,81,82)/t67-,68-,69-/m1/s1. The van der Waals surface area contributed by atoms with Crippen LogP contribution in [0.15, 0.2) is 0 Å². The number of aliphatic hydroxyl groups excluding tert-OH is 1. The molecule has 0 saturated carbocycles. The number of phosphoric ester groups is 2. The van der Waals surface area contributed by atoms with Gasteiger partial charge in [-0.15, -0.1) is 0 Å². The summed E-state index contributed by atoms with van der Waals surface area (Å²) in [6.07, 6.45) is 48.6. The minimum Gasteiger partial charge on any atom is -0.462 e. The molecule has 0 aromatic carbocycles. The molecule has 0 aromatic rings. The molecule has 3 N–H and O–H groups in total. The third-order valence-corrected chi connectivity index (χ3v) is 18.8. The molecule has 2 unspecified atom stereocenters. The highest BCUT2D eigenvalue weighted by Gasteiger charge is 2.30. The zero-order chi connectivity index (χ0) is 68.0. The molecule has 0 bridgehead atoms. The van der Waals surface area contributed by atoms with Crippen LogP contribution in [0.3, 0.4) is 0 Å². The van der Waals surface area contributed by atoms with Gasteiger partial charge in [-0.3, -0.25) is 37.3 Å². The molecule has 0 aromatic heterocycles. The zero-order valence-corrected chi connectivity index (χ0v) is 61.8. The molecule has 0 radical (unpaired) electrons. The Morgan fingerprint density at radius 1 is 0.293 bits per heavy atom. The second-order valence-electron chi connectivity index (χ2n) is 27.8. The molecule has 5 atom stereocenters. The predicted octanol–water partition coefficient (Wildman–Crippen LogP) is 21.0. The smallest absolute Gasteiger partial charge is 0.462 e. The number of carbonyl (C=O) groups is 4. The maximum absolute atomic E-state index is 13.1. The minimum atomic E-state index is -4.95. The number of aliphatic hydroxyl groups is 1. The van der Waals surface area contributed by atoms with Crippen LogP contribution in [0, 0.1) is 17.8 Å². The van der Waals surface area contributed by atoms with Crippen LogP contribution in [0.25, 0.3) is 0 Å². The van der Waals surface area contributed by atoms with Gasteiger partial charge in [0.25, 0.3) is 0 Å². The van der Waals surface area contributed by atoms with Crippen molar-refractivity contribution in [3.63, 3.8) is 0 Å². The van der Waals surface area contributed by atoms with Crippen LogP contribution in [-0.2, 0) is 65.4 Å². The molecule has 0 rings (SSSR count). The van der Waals surface area contributed by atoms with E-state index in [1.165, 1.54) is 173 Å². The number of hydrogen-bond acceptors (Lipinski definition) is 15. The van der Waals surface area contributed by atoms with Crippen LogP contribution >= 0.6 is 15.6 Å². The van der Waals surface area contributed by atoms with Gasteiger partial charge in [0, 0.05) is 25.7 Å². The Labute approximate surface area is 562 Å². The summed E-state index contributed by atoms with van der Waals surface area (Å²) in [7, 11) is -9.91. The van der Waals surface area contributed by atoms with Gasteiger partial charge < -0.3 is 33.8 Å². The maximum Gasteiger partial charge on any atom is 0.472 e. The minimum absolute atomic E-state index is 0.105. The second-order valence-corrected chi connectivity index (χ2v) is 30.7. The Hall–Kier alpha value is -1.94. The quantitative estimate of drug-likeness (QED) is 0.0222. The van der Waals surface area contributed by atoms with Crippen molar-refractivity contribution in [2.45, 2.75) is 388 Å². The molecular formula is C73H142O17P2. The largest absolute Gasteiger partial charge is 0.472 e. The first-order chi connectivity index (χ1) is 44.2. The van der Waals surface area contributed by atoms with E-state index in [0.29, 0.717) is 31.6 Å². The molecule has 0 saturated heterocycles. The Balaban J connectivity index is 5.25. The van der Waals surface area contributed by atoms with Crippen LogP contribution < -0.4 is 0 Å². The summed E-state index contributed by atoms with van der Waals surface area (Å²) in [6.45, 7) is 11.8. The predicted molar refractivity (Wildman–Crippen MR) is 372 cm³/mol. The lowest BCUT2D eigenvalue weighted by Crippen LogP contribution is -2.30. The highest BCUT2D eigenvalue weighted by atomic mass is 31.2. The molecule has 0 heterocycles. The van der Waals surface area contributed by atoms with Crippen molar-refractivity contribution in [2.24, 2.45) is 17.8 Å². The van der Waals surface area contributed by atoms with E-state index in [0.717, 1.165) is 108 Å². The second kappa shape index (κ2) is 63.8. The number of unbranched alkanes of at least 4 members (excludes halogenated alkanes) is 39. The van der Waals surface area contributed by atoms with Crippen LogP contribution in [-0.4, -0.2) is 96.7 Å². The van der Waals surface area contributed by atoms with Crippen molar-refractivity contribution < 1.29 is 80.2 Å². The van der Waals surface area contributed by atoms with Crippen LogP contribution in [0.1, 0.15) is 370 Å². The van der Waals surface area contributed by atoms with E-state index in [4.69, 9.17) is 37.0 Å². The van der Waals surface area contributed by atoms with Gasteiger partial charge in [0.05, 0.1) is 26.4 Å². The number of ether oxygens (including phenoxy) is 4. The van der Waals surface area contributed by atoms with Gasteiger partial charge in [-0.2, -0.15) is 0 Å². The van der Waals surface area contributed by atoms with E-state index in [1.807, 2.05) is 0 Å². The molecule has 19 heteroatoms. The highest BCUT2D eigenvalue weighted by Crippen LogP contribution is 2.45. The van der Waals surface area contributed by atoms with Crippen LogP contribution in [0.5, 0.6) is 0 Å². The summed E-state index contributed by atoms with van der Waals surface area (Å²) in [5, 5.41) is 10.6. The first-order valence-electron chi connectivity index (χ1n) is 37.8. The van der Waals surface area contributed by atoms with E-state index < -0.39 is 97.5 Å². The fourth-order valence-corrected chi connectivity index (χ4v) is 12.7. The molecule has 0 fully saturated rings. The van der Waals surface area contributed by atoms with Gasteiger partial charge in [-0.1, -0.05) is 318 Å². The SMILES string of the molecule is CCCCCCCCCCCCCCCCCCC(=O)O[C@H](COC(=O)CCCCCCCCCCCCC(C)C)COP(=O)(O)OC[C@@H](O)COP(=O)(O)OC[C@@H](COC(=O)CCCCCCCCCC(C)C)OC(=O)CCCCCCCCCCCCC(C)C. The van der Waals surface area contributed by atoms with Crippen molar-refractivity contribution in [2.75, 3.05) is 39.6 Å². The van der Waals surface area contributed by atoms with E-state index in [1.54, 1.807) is 0 Å². The van der Waals surface area contributed by atoms with Crippen molar-refractivity contribution >= 4 is 39.5 Å². The molecule has 546 valence electrons. The first kappa shape index (κ1) is 90.1. The van der Waals surface area contributed by atoms with Crippen molar-refractivity contribution in [3.8, 4) is 0 Å². The molecule has 0 aliphatic heterocycles. The van der Waals surface area contributed by atoms with Crippen molar-refractivity contribution in [1.29, 1.82) is 0 Å². The first-order valence-corrected chi connectivity index (χ1v) is 40.8. The molecule has 0 aliphatic carbocycles. The monoisotopic (exact) mass is 1350 g/mol. The molecule has 92 heavy (non-hydrogen) atoms. The lowest BCUT2D eigenvalue weighted by molar-refractivity contribution is -0.161. The molecule has 0 spiro atoms. The highest BCUT2D eigenvalue weighted by molar-refractivity contribution is 7.47. The Bertz CT molecular complexity index is 1800. The van der Waals surface area contributed by atoms with Gasteiger partial charge in [0.1, 0.15) is 19.3 Å². The summed E-state index contributed by atoms with van der Waals surface area (Å²) in [5.74, 6) is 0.0934. The molecule has 0 aliphatic rings.